The number of pyridine rings is 1. The minimum Gasteiger partial charge on any atom is -0.496 e. The van der Waals surface area contributed by atoms with E-state index in [0.29, 0.717) is 0 Å². The van der Waals surface area contributed by atoms with E-state index in [1.807, 2.05) is 6.20 Å². The van der Waals surface area contributed by atoms with Gasteiger partial charge in [0.25, 0.3) is 0 Å². The Labute approximate surface area is 382 Å². The quantitative estimate of drug-likeness (QED) is 0.145. The topological polar surface area (TPSA) is 39.9 Å². The highest BCUT2D eigenvalue weighted by atomic mass is 16.5. The highest BCUT2D eigenvalue weighted by Gasteiger charge is 2.27. The van der Waals surface area contributed by atoms with Gasteiger partial charge in [-0.05, 0) is 135 Å². The average Bonchev–Trinajstić information content (AvgIpc) is 3.74. The first kappa shape index (κ1) is 41.2. The lowest BCUT2D eigenvalue weighted by Gasteiger charge is -2.27. The predicted octanol–water partition coefficient (Wildman–Crippen LogP) is 16.0. The number of aryl methyl sites for hydroxylation is 2. The summed E-state index contributed by atoms with van der Waals surface area (Å²) >= 11 is 0. The molecule has 0 bridgehead atoms. The Morgan fingerprint density at radius 3 is 1.68 bits per heavy atom. The number of fused-ring (bicyclic) bond motifs is 1. The summed E-state index contributed by atoms with van der Waals surface area (Å²) in [5, 5.41) is 0. The Morgan fingerprint density at radius 1 is 0.462 bits per heavy atom. The summed E-state index contributed by atoms with van der Waals surface area (Å²) in [4.78, 5) is 10.7. The molecule has 8 aromatic carbocycles. The number of ether oxygens (including phenoxy) is 1. The van der Waals surface area contributed by atoms with Gasteiger partial charge in [-0.3, -0.25) is 9.55 Å². The highest BCUT2D eigenvalue weighted by molar-refractivity contribution is 5.99. The molecule has 10 rings (SSSR count). The van der Waals surface area contributed by atoms with Crippen LogP contribution in [0.5, 0.6) is 5.75 Å². The van der Waals surface area contributed by atoms with E-state index < -0.39 is 0 Å². The second-order valence-electron chi connectivity index (χ2n) is 18.0. The van der Waals surface area contributed by atoms with Crippen LogP contribution < -0.4 is 4.74 Å². The van der Waals surface area contributed by atoms with Gasteiger partial charge < -0.3 is 4.74 Å². The van der Waals surface area contributed by atoms with Crippen LogP contribution in [0, 0.1) is 13.8 Å². The normalized spacial score (nSPS) is 11.5. The molecule has 4 heteroatoms. The van der Waals surface area contributed by atoms with Crippen molar-refractivity contribution in [2.24, 2.45) is 0 Å². The fourth-order valence-corrected chi connectivity index (χ4v) is 9.37. The molecule has 0 N–H and O–H groups in total. The maximum atomic E-state index is 6.27. The van der Waals surface area contributed by atoms with Gasteiger partial charge in [-0.2, -0.15) is 0 Å². The molecule has 0 aliphatic carbocycles. The molecule has 0 aliphatic rings. The van der Waals surface area contributed by atoms with E-state index in [0.717, 1.165) is 101 Å². The van der Waals surface area contributed by atoms with E-state index in [2.05, 4.69) is 233 Å². The minimum absolute atomic E-state index is 0.145. The average molecular weight is 842 g/mol. The lowest BCUT2D eigenvalue weighted by molar-refractivity contribution is 0.413. The minimum atomic E-state index is -0.145. The molecule has 0 radical (unpaired) electrons. The molecule has 2 aromatic heterocycles. The SMILES string of the molecule is COc1c(C)cc(C)cc1-c1nc2c(-c3cc(-c4ccccc4)cc(-c4cc(-c5ccccc5)ccn4)c3)cccc2n1-c1cc(-c2ccccc2)c(C(C)(C)C)cc1-c1ccccc1. The predicted molar refractivity (Wildman–Crippen MR) is 272 cm³/mol. The van der Waals surface area contributed by atoms with E-state index in [4.69, 9.17) is 14.7 Å². The van der Waals surface area contributed by atoms with E-state index in [1.54, 1.807) is 7.11 Å². The second-order valence-corrected chi connectivity index (χ2v) is 18.0. The van der Waals surface area contributed by atoms with Gasteiger partial charge in [0, 0.05) is 22.9 Å². The van der Waals surface area contributed by atoms with Crippen LogP contribution in [0.4, 0.5) is 0 Å². The molecule has 10 aromatic rings. The van der Waals surface area contributed by atoms with Crippen molar-refractivity contribution in [2.75, 3.05) is 7.11 Å². The fourth-order valence-electron chi connectivity index (χ4n) is 9.37. The van der Waals surface area contributed by atoms with Gasteiger partial charge in [0.1, 0.15) is 11.6 Å². The van der Waals surface area contributed by atoms with E-state index >= 15 is 0 Å². The molecule has 0 atom stereocenters. The van der Waals surface area contributed by atoms with Crippen LogP contribution in [-0.4, -0.2) is 21.6 Å². The largest absolute Gasteiger partial charge is 0.496 e. The summed E-state index contributed by atoms with van der Waals surface area (Å²) < 4.78 is 8.65. The van der Waals surface area contributed by atoms with Crippen molar-refractivity contribution in [1.29, 1.82) is 0 Å². The summed E-state index contributed by atoms with van der Waals surface area (Å²) in [5.74, 6) is 1.62. The molecule has 0 saturated carbocycles. The molecule has 2 heterocycles. The van der Waals surface area contributed by atoms with Crippen molar-refractivity contribution in [3.8, 4) is 89.7 Å². The smallest absolute Gasteiger partial charge is 0.149 e. The second kappa shape index (κ2) is 17.0. The first-order chi connectivity index (χ1) is 31.6. The lowest BCUT2D eigenvalue weighted by Crippen LogP contribution is -2.14. The zero-order valence-corrected chi connectivity index (χ0v) is 37.8. The number of aromatic nitrogens is 3. The summed E-state index contributed by atoms with van der Waals surface area (Å²) in [5.41, 5.74) is 20.3. The maximum absolute atomic E-state index is 6.27. The third kappa shape index (κ3) is 7.93. The molecule has 0 aliphatic heterocycles. The molecule has 0 saturated heterocycles. The zero-order chi connectivity index (χ0) is 44.7. The summed E-state index contributed by atoms with van der Waals surface area (Å²) in [6.45, 7) is 11.2. The van der Waals surface area contributed by atoms with Crippen molar-refractivity contribution in [3.05, 3.63) is 217 Å². The van der Waals surface area contributed by atoms with Crippen LogP contribution in [-0.2, 0) is 5.41 Å². The third-order valence-electron chi connectivity index (χ3n) is 12.4. The molecule has 4 nitrogen and oxygen atoms in total. The van der Waals surface area contributed by atoms with Crippen molar-refractivity contribution < 1.29 is 4.74 Å². The molecule has 0 spiro atoms. The van der Waals surface area contributed by atoms with Crippen LogP contribution >= 0.6 is 0 Å². The summed E-state index contributed by atoms with van der Waals surface area (Å²) in [7, 11) is 1.76. The molecule has 0 unspecified atom stereocenters. The number of nitrogens with zero attached hydrogens (tertiary/aromatic N) is 3. The van der Waals surface area contributed by atoms with E-state index in [9.17, 15) is 0 Å². The third-order valence-corrected chi connectivity index (χ3v) is 12.4. The summed E-state index contributed by atoms with van der Waals surface area (Å²) in [6, 6.07) is 69.6. The number of benzene rings is 8. The lowest BCUT2D eigenvalue weighted by atomic mass is 9.79. The van der Waals surface area contributed by atoms with Gasteiger partial charge in [-0.15, -0.1) is 0 Å². The van der Waals surface area contributed by atoms with Gasteiger partial charge in [0.05, 0.1) is 35.1 Å². The van der Waals surface area contributed by atoms with Gasteiger partial charge in [-0.1, -0.05) is 160 Å². The number of hydrogen-bond acceptors (Lipinski definition) is 3. The number of methoxy groups -OCH3 is 1. The van der Waals surface area contributed by atoms with Crippen LogP contribution in [0.2, 0.25) is 0 Å². The Balaban J connectivity index is 1.30. The van der Waals surface area contributed by atoms with E-state index in [1.165, 1.54) is 16.7 Å². The number of imidazole rings is 1. The van der Waals surface area contributed by atoms with Gasteiger partial charge in [0.15, 0.2) is 0 Å². The number of rotatable bonds is 9. The Kier molecular flexibility index (Phi) is 10.8. The highest BCUT2D eigenvalue weighted by Crippen LogP contribution is 2.46. The van der Waals surface area contributed by atoms with Crippen molar-refractivity contribution >= 4 is 11.0 Å². The molecule has 65 heavy (non-hydrogen) atoms. The van der Waals surface area contributed by atoms with Crippen LogP contribution in [0.1, 0.15) is 37.5 Å². The Morgan fingerprint density at radius 2 is 1.05 bits per heavy atom. The van der Waals surface area contributed by atoms with Crippen LogP contribution in [0.25, 0.3) is 95.0 Å². The van der Waals surface area contributed by atoms with Gasteiger partial charge in [-0.25, -0.2) is 4.98 Å². The van der Waals surface area contributed by atoms with Gasteiger partial charge in [0.2, 0.25) is 0 Å². The van der Waals surface area contributed by atoms with Crippen molar-refractivity contribution in [2.45, 2.75) is 40.0 Å². The number of hydrogen-bond donors (Lipinski definition) is 0. The number of para-hydroxylation sites is 1. The van der Waals surface area contributed by atoms with Crippen molar-refractivity contribution in [1.82, 2.24) is 14.5 Å². The molecular weight excluding hydrogens is 791 g/mol. The first-order valence-electron chi connectivity index (χ1n) is 22.3. The standard InChI is InChI=1S/C61H51N3O/c1-40-32-41(2)59(65-6)53(33-40)60-63-58-50(48-34-47(43-22-13-8-14-23-43)35-49(36-48)55-37-46(30-31-62-55)42-20-11-7-12-21-42)28-19-29-56(58)64(60)57-39-51(44-24-15-9-16-25-44)54(61(3,4)5)38-52(57)45-26-17-10-18-27-45/h7-39H,1-6H3. The molecular formula is C61H51N3O. The van der Waals surface area contributed by atoms with E-state index in [-0.39, 0.29) is 5.41 Å². The Hall–Kier alpha value is -7.82. The Bertz CT molecular complexity index is 3330. The maximum Gasteiger partial charge on any atom is 0.149 e. The molecule has 0 amide bonds. The zero-order valence-electron chi connectivity index (χ0n) is 37.8. The first-order valence-corrected chi connectivity index (χ1v) is 22.3. The molecule has 0 fully saturated rings. The monoisotopic (exact) mass is 841 g/mol. The fraction of sp³-hybridized carbons (Fsp3) is 0.115. The summed E-state index contributed by atoms with van der Waals surface area (Å²) in [6.07, 6.45) is 1.91. The van der Waals surface area contributed by atoms with Crippen molar-refractivity contribution in [3.63, 3.8) is 0 Å². The van der Waals surface area contributed by atoms with Crippen LogP contribution in [0.15, 0.2) is 200 Å². The van der Waals surface area contributed by atoms with Gasteiger partial charge >= 0.3 is 0 Å². The van der Waals surface area contributed by atoms with Crippen LogP contribution in [0.3, 0.4) is 0 Å². The molecule has 316 valence electrons.